The number of nitrogens with zero attached hydrogens (tertiary/aromatic N) is 1. The predicted molar refractivity (Wildman–Crippen MR) is 114 cm³/mol. The highest BCUT2D eigenvalue weighted by Crippen LogP contribution is 2.37. The summed E-state index contributed by atoms with van der Waals surface area (Å²) in [5.74, 6) is -0.508. The Morgan fingerprint density at radius 3 is 2.12 bits per heavy atom. The standard InChI is InChI=1S/C20H11Cl3F3N3O3/c21-13-2-1-3-14(22)17(13)18(30)29-19(31)28-16-7-5-11(9-27-16)32-10-4-6-12(15(23)8-10)20(24,25)26/h1-9H,(H2,27,28,29,30,31). The molecule has 0 bridgehead atoms. The average Bonchev–Trinajstić information content (AvgIpc) is 2.68. The van der Waals surface area contributed by atoms with Crippen LogP contribution in [-0.2, 0) is 6.18 Å². The van der Waals surface area contributed by atoms with Gasteiger partial charge >= 0.3 is 12.2 Å². The normalized spacial score (nSPS) is 11.1. The maximum Gasteiger partial charge on any atom is 0.417 e. The van der Waals surface area contributed by atoms with Crippen molar-refractivity contribution in [2.45, 2.75) is 6.18 Å². The first-order chi connectivity index (χ1) is 15.0. The number of urea groups is 1. The van der Waals surface area contributed by atoms with E-state index in [0.29, 0.717) is 0 Å². The minimum absolute atomic E-state index is 0.0575. The monoisotopic (exact) mass is 503 g/mol. The first-order valence-corrected chi connectivity index (χ1v) is 9.75. The molecule has 1 aromatic heterocycles. The van der Waals surface area contributed by atoms with Gasteiger partial charge in [-0.15, -0.1) is 0 Å². The largest absolute Gasteiger partial charge is 0.456 e. The molecule has 0 radical (unpaired) electrons. The second-order valence-electron chi connectivity index (χ2n) is 6.13. The van der Waals surface area contributed by atoms with Crippen molar-refractivity contribution < 1.29 is 27.5 Å². The van der Waals surface area contributed by atoms with E-state index in [1.807, 2.05) is 0 Å². The third kappa shape index (κ3) is 5.82. The third-order valence-electron chi connectivity index (χ3n) is 3.88. The predicted octanol–water partition coefficient (Wildman–Crippen LogP) is 6.81. The van der Waals surface area contributed by atoms with Crippen LogP contribution in [0.15, 0.2) is 54.7 Å². The zero-order valence-electron chi connectivity index (χ0n) is 15.6. The van der Waals surface area contributed by atoms with Gasteiger partial charge in [0.15, 0.2) is 0 Å². The lowest BCUT2D eigenvalue weighted by atomic mass is 10.2. The van der Waals surface area contributed by atoms with E-state index in [2.05, 4.69) is 15.6 Å². The smallest absolute Gasteiger partial charge is 0.417 e. The summed E-state index contributed by atoms with van der Waals surface area (Å²) in [6.07, 6.45) is -3.36. The topological polar surface area (TPSA) is 80.3 Å². The van der Waals surface area contributed by atoms with Gasteiger partial charge in [-0.25, -0.2) is 9.78 Å². The Labute approximate surface area is 194 Å². The number of nitrogens with one attached hydrogen (secondary N) is 2. The summed E-state index contributed by atoms with van der Waals surface area (Å²) in [5, 5.41) is 4.04. The number of halogens is 6. The first-order valence-electron chi connectivity index (χ1n) is 8.61. The van der Waals surface area contributed by atoms with Crippen molar-refractivity contribution >= 4 is 52.6 Å². The van der Waals surface area contributed by atoms with Gasteiger partial charge in [-0.2, -0.15) is 13.2 Å². The Kier molecular flexibility index (Phi) is 7.12. The Bertz CT molecular complexity index is 1150. The fourth-order valence-electron chi connectivity index (χ4n) is 2.47. The number of imide groups is 1. The Morgan fingerprint density at radius 2 is 1.56 bits per heavy atom. The van der Waals surface area contributed by atoms with Crippen LogP contribution in [0.1, 0.15) is 15.9 Å². The van der Waals surface area contributed by atoms with Crippen LogP contribution >= 0.6 is 34.8 Å². The zero-order valence-corrected chi connectivity index (χ0v) is 17.9. The van der Waals surface area contributed by atoms with E-state index in [9.17, 15) is 22.8 Å². The van der Waals surface area contributed by atoms with Crippen LogP contribution in [0.5, 0.6) is 11.5 Å². The Balaban J connectivity index is 1.62. The van der Waals surface area contributed by atoms with E-state index in [0.717, 1.165) is 18.2 Å². The van der Waals surface area contributed by atoms with E-state index >= 15 is 0 Å². The molecule has 3 amide bonds. The van der Waals surface area contributed by atoms with E-state index in [1.165, 1.54) is 30.5 Å². The fraction of sp³-hybridized carbons (Fsp3) is 0.0500. The molecule has 0 atom stereocenters. The molecule has 0 saturated heterocycles. The van der Waals surface area contributed by atoms with Crippen LogP contribution in [0.25, 0.3) is 0 Å². The highest BCUT2D eigenvalue weighted by molar-refractivity contribution is 6.40. The van der Waals surface area contributed by atoms with E-state index in [1.54, 1.807) is 6.07 Å². The molecule has 32 heavy (non-hydrogen) atoms. The number of pyridine rings is 1. The van der Waals surface area contributed by atoms with Crippen LogP contribution in [0.2, 0.25) is 15.1 Å². The summed E-state index contributed by atoms with van der Waals surface area (Å²) in [6, 6.07) is 9.25. The molecule has 0 aliphatic rings. The van der Waals surface area contributed by atoms with Crippen molar-refractivity contribution in [2.24, 2.45) is 0 Å². The number of alkyl halides is 3. The highest BCUT2D eigenvalue weighted by Gasteiger charge is 2.33. The second kappa shape index (κ2) is 9.64. The average molecular weight is 505 g/mol. The van der Waals surface area contributed by atoms with E-state index in [4.69, 9.17) is 39.5 Å². The number of carbonyl (C=O) groups is 2. The molecule has 0 unspecified atom stereocenters. The van der Waals surface area contributed by atoms with Gasteiger partial charge in [0.05, 0.1) is 32.4 Å². The van der Waals surface area contributed by atoms with Crippen molar-refractivity contribution in [2.75, 3.05) is 5.32 Å². The molecule has 6 nitrogen and oxygen atoms in total. The molecule has 166 valence electrons. The van der Waals surface area contributed by atoms with E-state index < -0.39 is 28.7 Å². The summed E-state index contributed by atoms with van der Waals surface area (Å²) in [7, 11) is 0. The maximum absolute atomic E-state index is 12.8. The lowest BCUT2D eigenvalue weighted by molar-refractivity contribution is -0.137. The van der Waals surface area contributed by atoms with Crippen LogP contribution in [0.3, 0.4) is 0 Å². The molecule has 0 spiro atoms. The molecule has 0 fully saturated rings. The van der Waals surface area contributed by atoms with Crippen molar-refractivity contribution in [1.82, 2.24) is 10.3 Å². The number of rotatable bonds is 4. The molecule has 0 aliphatic heterocycles. The first kappa shape index (κ1) is 23.6. The molecule has 3 aromatic rings. The van der Waals surface area contributed by atoms with Gasteiger partial charge in [0.25, 0.3) is 5.91 Å². The molecule has 3 rings (SSSR count). The van der Waals surface area contributed by atoms with Crippen LogP contribution in [0.4, 0.5) is 23.8 Å². The lowest BCUT2D eigenvalue weighted by Crippen LogP contribution is -2.34. The van der Waals surface area contributed by atoms with Gasteiger partial charge < -0.3 is 4.74 Å². The molecule has 0 saturated carbocycles. The Morgan fingerprint density at radius 1 is 0.906 bits per heavy atom. The summed E-state index contributed by atoms with van der Waals surface area (Å²) >= 11 is 17.5. The maximum atomic E-state index is 12.8. The minimum Gasteiger partial charge on any atom is -0.456 e. The number of amides is 3. The number of anilines is 1. The van der Waals surface area contributed by atoms with Gasteiger partial charge in [0, 0.05) is 6.07 Å². The molecular weight excluding hydrogens is 494 g/mol. The van der Waals surface area contributed by atoms with Gasteiger partial charge in [0.1, 0.15) is 17.3 Å². The lowest BCUT2D eigenvalue weighted by Gasteiger charge is -2.11. The van der Waals surface area contributed by atoms with Crippen molar-refractivity contribution in [3.05, 3.63) is 80.9 Å². The number of hydrogen-bond donors (Lipinski definition) is 2. The molecule has 2 N–H and O–H groups in total. The van der Waals surface area contributed by atoms with Crippen LogP contribution in [0, 0.1) is 0 Å². The van der Waals surface area contributed by atoms with E-state index in [-0.39, 0.29) is 32.9 Å². The van der Waals surface area contributed by atoms with Crippen LogP contribution < -0.4 is 15.4 Å². The number of benzene rings is 2. The fourth-order valence-corrected chi connectivity index (χ4v) is 3.31. The number of ether oxygens (including phenoxy) is 1. The van der Waals surface area contributed by atoms with Gasteiger partial charge in [0.2, 0.25) is 0 Å². The summed E-state index contributed by atoms with van der Waals surface area (Å²) < 4.78 is 43.7. The molecule has 12 heteroatoms. The number of hydrogen-bond acceptors (Lipinski definition) is 4. The Hall–Kier alpha value is -3.01. The summed E-state index contributed by atoms with van der Waals surface area (Å²) in [5.41, 5.74) is -1.04. The van der Waals surface area contributed by atoms with Crippen molar-refractivity contribution in [1.29, 1.82) is 0 Å². The van der Waals surface area contributed by atoms with Crippen LogP contribution in [-0.4, -0.2) is 16.9 Å². The number of carbonyl (C=O) groups excluding carboxylic acids is 2. The second-order valence-corrected chi connectivity index (χ2v) is 7.35. The zero-order chi connectivity index (χ0) is 23.5. The minimum atomic E-state index is -4.58. The molecule has 1 heterocycles. The SMILES string of the molecule is O=C(NC(=O)c1c(Cl)cccc1Cl)Nc1ccc(Oc2ccc(C(F)(F)F)c(Cl)c2)cn1. The molecule has 2 aromatic carbocycles. The van der Waals surface area contributed by atoms with Gasteiger partial charge in [-0.05, 0) is 36.4 Å². The van der Waals surface area contributed by atoms with Gasteiger partial charge in [-0.1, -0.05) is 40.9 Å². The molecule has 0 aliphatic carbocycles. The number of aromatic nitrogens is 1. The van der Waals surface area contributed by atoms with Crippen molar-refractivity contribution in [3.8, 4) is 11.5 Å². The summed E-state index contributed by atoms with van der Waals surface area (Å²) in [6.45, 7) is 0. The van der Waals surface area contributed by atoms with Crippen molar-refractivity contribution in [3.63, 3.8) is 0 Å². The summed E-state index contributed by atoms with van der Waals surface area (Å²) in [4.78, 5) is 28.2. The van der Waals surface area contributed by atoms with Gasteiger partial charge in [-0.3, -0.25) is 15.4 Å². The quantitative estimate of drug-likeness (QED) is 0.409. The third-order valence-corrected chi connectivity index (χ3v) is 4.82. The highest BCUT2D eigenvalue weighted by atomic mass is 35.5. The molecular formula is C20H11Cl3F3N3O3.